The van der Waals surface area contributed by atoms with Gasteiger partial charge in [-0.25, -0.2) is 4.57 Å². The van der Waals surface area contributed by atoms with Gasteiger partial charge in [-0.3, -0.25) is 0 Å². The number of rotatable bonds is 1. The average molecular weight is 425 g/mol. The molecule has 0 bridgehead atoms. The maximum atomic E-state index is 9.75. The van der Waals surface area contributed by atoms with E-state index in [1.54, 1.807) is 7.11 Å². The maximum absolute atomic E-state index is 9.75. The van der Waals surface area contributed by atoms with E-state index < -0.39 is 7.25 Å². The molecule has 3 aromatic rings. The van der Waals surface area contributed by atoms with Crippen molar-refractivity contribution in [2.45, 2.75) is 37.9 Å². The van der Waals surface area contributed by atoms with Crippen LogP contribution in [0.5, 0.6) is 5.75 Å². The number of nitrogens with zero attached hydrogens (tertiary/aromatic N) is 3. The Bertz CT molecular complexity index is 1060. The van der Waals surface area contributed by atoms with Gasteiger partial charge in [-0.1, -0.05) is 23.5 Å². The molecule has 1 aliphatic carbocycles. The summed E-state index contributed by atoms with van der Waals surface area (Å²) in [6, 6.07) is 8.41. The molecule has 0 spiro atoms. The van der Waals surface area contributed by atoms with Crippen LogP contribution in [0.3, 0.4) is 0 Å². The molecule has 2 aliphatic rings. The van der Waals surface area contributed by atoms with Crippen LogP contribution in [0.15, 0.2) is 30.5 Å². The molecule has 2 aromatic heterocycles. The Labute approximate surface area is 170 Å². The standard InChI is InChI=1S/C19H20N3OS.BF4/c1-12-11-21-17-13(18(12)23-2)7-3-6-10-16(17)24-22-15-9-5-4-8-14(15)20-19(21)22;2-1(3,4)5/h4-5,8-9,11,16H,3,6-7,10H2,1-2H3;/q+1;-1. The molecule has 0 saturated carbocycles. The molecule has 0 amide bonds. The predicted octanol–water partition coefficient (Wildman–Crippen LogP) is 5.21. The lowest BCUT2D eigenvalue weighted by Gasteiger charge is -2.24. The van der Waals surface area contributed by atoms with Crippen molar-refractivity contribution < 1.29 is 26.6 Å². The SMILES string of the molecule is COc1c(C)c[n+]2c3c1CCCCC3Sn1c-2nc2ccccc21.F[B-](F)(F)F. The first-order chi connectivity index (χ1) is 13.8. The Kier molecular flexibility index (Phi) is 5.22. The fourth-order valence-corrected chi connectivity index (χ4v) is 5.48. The number of halogens is 4. The van der Waals surface area contributed by atoms with E-state index >= 15 is 0 Å². The minimum absolute atomic E-state index is 0.460. The second-order valence-electron chi connectivity index (χ2n) is 7.11. The second-order valence-corrected chi connectivity index (χ2v) is 8.25. The van der Waals surface area contributed by atoms with Crippen LogP contribution in [0.1, 0.15) is 41.3 Å². The topological polar surface area (TPSA) is 30.9 Å². The van der Waals surface area contributed by atoms with E-state index in [1.165, 1.54) is 41.6 Å². The van der Waals surface area contributed by atoms with Gasteiger partial charge in [0.05, 0.1) is 18.6 Å². The third-order valence-electron chi connectivity index (χ3n) is 5.13. The van der Waals surface area contributed by atoms with E-state index in [4.69, 9.17) is 9.72 Å². The lowest BCUT2D eigenvalue weighted by molar-refractivity contribution is -0.614. The predicted molar refractivity (Wildman–Crippen MR) is 106 cm³/mol. The zero-order valence-corrected chi connectivity index (χ0v) is 16.9. The van der Waals surface area contributed by atoms with Crippen LogP contribution < -0.4 is 9.30 Å². The smallest absolute Gasteiger partial charge is 0.496 e. The van der Waals surface area contributed by atoms with Crippen molar-refractivity contribution in [3.05, 3.63) is 47.3 Å². The van der Waals surface area contributed by atoms with Crippen LogP contribution >= 0.6 is 11.9 Å². The molecule has 1 unspecified atom stereocenters. The number of benzene rings is 1. The lowest BCUT2D eigenvalue weighted by Crippen LogP contribution is -2.43. The van der Waals surface area contributed by atoms with Crippen molar-refractivity contribution in [3.8, 4) is 11.7 Å². The number of pyridine rings is 1. The van der Waals surface area contributed by atoms with E-state index in [0.717, 1.165) is 23.6 Å². The van der Waals surface area contributed by atoms with Gasteiger partial charge >= 0.3 is 13.2 Å². The molecule has 0 N–H and O–H groups in total. The van der Waals surface area contributed by atoms with Crippen molar-refractivity contribution in [2.24, 2.45) is 0 Å². The van der Waals surface area contributed by atoms with Gasteiger partial charge in [0, 0.05) is 23.1 Å². The summed E-state index contributed by atoms with van der Waals surface area (Å²) in [5.74, 6) is 2.08. The summed E-state index contributed by atoms with van der Waals surface area (Å²) in [5.41, 5.74) is 6.22. The molecule has 3 heterocycles. The summed E-state index contributed by atoms with van der Waals surface area (Å²) in [6.45, 7) is 2.14. The zero-order valence-electron chi connectivity index (χ0n) is 16.0. The van der Waals surface area contributed by atoms with Crippen LogP contribution in [0.4, 0.5) is 17.3 Å². The number of para-hydroxylation sites is 2. The van der Waals surface area contributed by atoms with Crippen LogP contribution in [0.2, 0.25) is 0 Å². The second kappa shape index (κ2) is 7.55. The van der Waals surface area contributed by atoms with Crippen molar-refractivity contribution in [3.63, 3.8) is 0 Å². The maximum Gasteiger partial charge on any atom is 0.673 e. The number of hydrogen-bond acceptors (Lipinski definition) is 3. The number of hydrogen-bond donors (Lipinski definition) is 0. The number of methoxy groups -OCH3 is 1. The number of aromatic nitrogens is 3. The van der Waals surface area contributed by atoms with Gasteiger partial charge in [-0.05, 0) is 38.3 Å². The first-order valence-electron chi connectivity index (χ1n) is 9.42. The minimum Gasteiger partial charge on any atom is -0.496 e. The van der Waals surface area contributed by atoms with E-state index in [9.17, 15) is 17.3 Å². The Hall–Kier alpha value is -2.23. The molecular formula is C19H20BF4N3OS. The Balaban J connectivity index is 0.000000369. The summed E-state index contributed by atoms with van der Waals surface area (Å²) in [4.78, 5) is 4.92. The van der Waals surface area contributed by atoms with E-state index in [0.29, 0.717) is 5.25 Å². The highest BCUT2D eigenvalue weighted by molar-refractivity contribution is 7.98. The molecule has 5 rings (SSSR count). The Morgan fingerprint density at radius 2 is 1.93 bits per heavy atom. The molecule has 1 aromatic carbocycles. The summed E-state index contributed by atoms with van der Waals surface area (Å²) in [5, 5.41) is 0.460. The normalized spacial score (nSPS) is 17.7. The summed E-state index contributed by atoms with van der Waals surface area (Å²) in [7, 11) is -4.21. The van der Waals surface area contributed by atoms with Crippen molar-refractivity contribution in [1.82, 2.24) is 8.96 Å². The Morgan fingerprint density at radius 3 is 2.66 bits per heavy atom. The van der Waals surface area contributed by atoms with E-state index in [-0.39, 0.29) is 0 Å². The quantitative estimate of drug-likeness (QED) is 0.305. The zero-order chi connectivity index (χ0) is 20.8. The van der Waals surface area contributed by atoms with Gasteiger partial charge in [0.15, 0.2) is 11.0 Å². The van der Waals surface area contributed by atoms with Crippen LogP contribution in [0.25, 0.3) is 17.0 Å². The minimum atomic E-state index is -6.00. The van der Waals surface area contributed by atoms with Gasteiger partial charge in [0.25, 0.3) is 0 Å². The summed E-state index contributed by atoms with van der Waals surface area (Å²) < 4.78 is 49.4. The monoisotopic (exact) mass is 425 g/mol. The Morgan fingerprint density at radius 1 is 1.21 bits per heavy atom. The molecule has 0 fully saturated rings. The highest BCUT2D eigenvalue weighted by Crippen LogP contribution is 2.45. The summed E-state index contributed by atoms with van der Waals surface area (Å²) >= 11 is 1.92. The summed E-state index contributed by atoms with van der Waals surface area (Å²) in [6.07, 6.45) is 6.99. The fraction of sp³-hybridized carbons (Fsp3) is 0.368. The molecule has 1 atom stereocenters. The fourth-order valence-electron chi connectivity index (χ4n) is 4.11. The van der Waals surface area contributed by atoms with Gasteiger partial charge in [-0.2, -0.15) is 3.97 Å². The number of fused-ring (bicyclic) bond motifs is 4. The van der Waals surface area contributed by atoms with E-state index in [2.05, 4.69) is 45.9 Å². The largest absolute Gasteiger partial charge is 0.673 e. The third-order valence-corrected chi connectivity index (χ3v) is 6.41. The molecule has 29 heavy (non-hydrogen) atoms. The number of imidazole rings is 1. The first-order valence-corrected chi connectivity index (χ1v) is 10.3. The highest BCUT2D eigenvalue weighted by atomic mass is 32.2. The average Bonchev–Trinajstić information content (AvgIpc) is 2.88. The van der Waals surface area contributed by atoms with Gasteiger partial charge in [0.2, 0.25) is 0 Å². The number of aryl methyl sites for hydroxylation is 1. The van der Waals surface area contributed by atoms with Crippen molar-refractivity contribution in [2.75, 3.05) is 7.11 Å². The molecule has 4 nitrogen and oxygen atoms in total. The lowest BCUT2D eigenvalue weighted by atomic mass is 10.0. The van der Waals surface area contributed by atoms with Gasteiger partial charge in [0.1, 0.15) is 11.4 Å². The van der Waals surface area contributed by atoms with Gasteiger partial charge in [-0.15, -0.1) is 0 Å². The molecule has 154 valence electrons. The van der Waals surface area contributed by atoms with E-state index in [1.807, 2.05) is 11.9 Å². The van der Waals surface area contributed by atoms with Crippen molar-refractivity contribution >= 4 is 30.2 Å². The van der Waals surface area contributed by atoms with Gasteiger partial charge < -0.3 is 22.0 Å². The molecular weight excluding hydrogens is 405 g/mol. The molecule has 10 heteroatoms. The van der Waals surface area contributed by atoms with Crippen LogP contribution in [-0.4, -0.2) is 23.3 Å². The number of ether oxygens (including phenoxy) is 1. The van der Waals surface area contributed by atoms with Crippen LogP contribution in [-0.2, 0) is 6.42 Å². The molecule has 0 radical (unpaired) electrons. The first kappa shape index (κ1) is 20.1. The molecule has 0 saturated heterocycles. The van der Waals surface area contributed by atoms with Crippen molar-refractivity contribution in [1.29, 1.82) is 0 Å². The highest BCUT2D eigenvalue weighted by Gasteiger charge is 2.39. The molecule has 1 aliphatic heterocycles. The van der Waals surface area contributed by atoms with Crippen LogP contribution in [0, 0.1) is 6.92 Å². The third kappa shape index (κ3) is 3.82.